The molecule has 1 saturated carbocycles. The highest BCUT2D eigenvalue weighted by Gasteiger charge is 2.52. The van der Waals surface area contributed by atoms with Gasteiger partial charge in [0.05, 0.1) is 17.3 Å². The number of allylic oxidation sites excluding steroid dienone is 1. The second-order valence-electron chi connectivity index (χ2n) is 9.77. The topological polar surface area (TPSA) is 27.7 Å². The molecule has 1 atom stereocenters. The van der Waals surface area contributed by atoms with Crippen molar-refractivity contribution < 1.29 is 14.0 Å². The fourth-order valence-electron chi connectivity index (χ4n) is 4.52. The van der Waals surface area contributed by atoms with Crippen molar-refractivity contribution in [3.63, 3.8) is 0 Å². The first-order valence-electron chi connectivity index (χ1n) is 11.4. The van der Waals surface area contributed by atoms with Crippen molar-refractivity contribution in [3.05, 3.63) is 47.4 Å². The number of aryl methyl sites for hydroxylation is 1. The molecular weight excluding hydrogens is 359 g/mol. The fraction of sp³-hybridized carbons (Fsp3) is 0.680. The Morgan fingerprint density at radius 1 is 1.07 bits per heavy atom. The monoisotopic (exact) mass is 398 g/mol. The standard InChI is InChI=1S/C25H39BO3/c1-24(2)25(3,4)29-26(28-24)22(18-12-15-20-13-8-6-9-14-20)19-23(27-5)21-16-10-7-11-17-21/h6,8-9,13-14,18,21,23H,7,10-12,15-17,19H2,1-5H3/b22-18-. The van der Waals surface area contributed by atoms with Crippen LogP contribution in [0.4, 0.5) is 0 Å². The van der Waals surface area contributed by atoms with Gasteiger partial charge in [-0.05, 0) is 76.8 Å². The predicted molar refractivity (Wildman–Crippen MR) is 121 cm³/mol. The van der Waals surface area contributed by atoms with E-state index in [1.807, 2.05) is 7.11 Å². The molecule has 4 heteroatoms. The summed E-state index contributed by atoms with van der Waals surface area (Å²) in [5, 5.41) is 0. The molecule has 0 amide bonds. The van der Waals surface area contributed by atoms with Crippen LogP contribution in [-0.4, -0.2) is 31.5 Å². The third kappa shape index (κ3) is 5.74. The zero-order valence-electron chi connectivity index (χ0n) is 19.1. The van der Waals surface area contributed by atoms with E-state index < -0.39 is 0 Å². The predicted octanol–water partition coefficient (Wildman–Crippen LogP) is 6.16. The normalized spacial score (nSPS) is 23.3. The minimum absolute atomic E-state index is 0.247. The van der Waals surface area contributed by atoms with Crippen LogP contribution in [0.1, 0.15) is 78.2 Å². The molecule has 3 nitrogen and oxygen atoms in total. The highest BCUT2D eigenvalue weighted by Crippen LogP contribution is 2.40. The van der Waals surface area contributed by atoms with Crippen LogP contribution in [0.5, 0.6) is 0 Å². The SMILES string of the molecule is COC(C/C(=C/CCc1ccccc1)B1OC(C)(C)C(C)(C)O1)C1CCCCC1. The number of hydrogen-bond acceptors (Lipinski definition) is 3. The molecule has 1 saturated heterocycles. The summed E-state index contributed by atoms with van der Waals surface area (Å²) in [6.45, 7) is 8.51. The van der Waals surface area contributed by atoms with Crippen LogP contribution >= 0.6 is 0 Å². The van der Waals surface area contributed by atoms with Crippen LogP contribution in [0.15, 0.2) is 41.9 Å². The number of rotatable bonds is 8. The van der Waals surface area contributed by atoms with Gasteiger partial charge in [-0.1, -0.05) is 55.7 Å². The van der Waals surface area contributed by atoms with Gasteiger partial charge in [0.1, 0.15) is 0 Å². The van der Waals surface area contributed by atoms with Crippen molar-refractivity contribution in [2.45, 2.75) is 96.4 Å². The average Bonchev–Trinajstić information content (AvgIpc) is 2.93. The molecule has 0 spiro atoms. The molecule has 1 unspecified atom stereocenters. The molecule has 160 valence electrons. The van der Waals surface area contributed by atoms with Crippen molar-refractivity contribution >= 4 is 7.12 Å². The van der Waals surface area contributed by atoms with Gasteiger partial charge in [0.15, 0.2) is 0 Å². The first-order valence-corrected chi connectivity index (χ1v) is 11.4. The van der Waals surface area contributed by atoms with E-state index in [-0.39, 0.29) is 24.4 Å². The van der Waals surface area contributed by atoms with Gasteiger partial charge in [0.25, 0.3) is 0 Å². The third-order valence-corrected chi connectivity index (χ3v) is 7.15. The molecule has 1 aromatic rings. The lowest BCUT2D eigenvalue weighted by Crippen LogP contribution is -2.41. The number of ether oxygens (including phenoxy) is 1. The molecule has 0 N–H and O–H groups in total. The summed E-state index contributed by atoms with van der Waals surface area (Å²) < 4.78 is 18.8. The Hall–Kier alpha value is -1.10. The zero-order chi connectivity index (χ0) is 20.9. The van der Waals surface area contributed by atoms with Crippen molar-refractivity contribution in [2.24, 2.45) is 5.92 Å². The smallest absolute Gasteiger partial charge is 0.400 e. The van der Waals surface area contributed by atoms with Crippen LogP contribution in [0.2, 0.25) is 0 Å². The largest absolute Gasteiger partial charge is 0.490 e. The minimum Gasteiger partial charge on any atom is -0.400 e. The highest BCUT2D eigenvalue weighted by molar-refractivity contribution is 6.54. The summed E-state index contributed by atoms with van der Waals surface area (Å²) in [7, 11) is 1.59. The summed E-state index contributed by atoms with van der Waals surface area (Å²) >= 11 is 0. The molecule has 1 aromatic carbocycles. The molecule has 1 aliphatic heterocycles. The van der Waals surface area contributed by atoms with Gasteiger partial charge in [-0.3, -0.25) is 0 Å². The highest BCUT2D eigenvalue weighted by atomic mass is 16.7. The van der Waals surface area contributed by atoms with Crippen molar-refractivity contribution in [1.82, 2.24) is 0 Å². The number of benzene rings is 1. The van der Waals surface area contributed by atoms with E-state index in [0.29, 0.717) is 5.92 Å². The molecule has 29 heavy (non-hydrogen) atoms. The van der Waals surface area contributed by atoms with Gasteiger partial charge in [-0.15, -0.1) is 0 Å². The second kappa shape index (κ2) is 9.81. The number of hydrogen-bond donors (Lipinski definition) is 0. The van der Waals surface area contributed by atoms with E-state index in [1.165, 1.54) is 43.1 Å². The molecule has 1 aliphatic carbocycles. The van der Waals surface area contributed by atoms with E-state index in [9.17, 15) is 0 Å². The zero-order valence-corrected chi connectivity index (χ0v) is 19.1. The average molecular weight is 398 g/mol. The van der Waals surface area contributed by atoms with E-state index >= 15 is 0 Å². The summed E-state index contributed by atoms with van der Waals surface area (Å²) in [5.74, 6) is 0.647. The Labute approximate surface area is 178 Å². The van der Waals surface area contributed by atoms with E-state index in [4.69, 9.17) is 14.0 Å². The van der Waals surface area contributed by atoms with Gasteiger partial charge in [-0.2, -0.15) is 0 Å². The molecular formula is C25H39BO3. The molecule has 2 aliphatic rings. The van der Waals surface area contributed by atoms with Crippen LogP contribution in [0.25, 0.3) is 0 Å². The molecule has 0 bridgehead atoms. The lowest BCUT2D eigenvalue weighted by molar-refractivity contribution is 0.00578. The van der Waals surface area contributed by atoms with Crippen molar-refractivity contribution in [2.75, 3.05) is 7.11 Å². The summed E-state index contributed by atoms with van der Waals surface area (Å²) in [6.07, 6.45) is 12.1. The Bertz CT molecular complexity index is 646. The summed E-state index contributed by atoms with van der Waals surface area (Å²) in [6, 6.07) is 10.7. The fourth-order valence-corrected chi connectivity index (χ4v) is 4.52. The molecule has 2 fully saturated rings. The summed E-state index contributed by atoms with van der Waals surface area (Å²) in [4.78, 5) is 0. The number of methoxy groups -OCH3 is 1. The van der Waals surface area contributed by atoms with Crippen LogP contribution < -0.4 is 0 Å². The maximum Gasteiger partial charge on any atom is 0.490 e. The summed E-state index contributed by atoms with van der Waals surface area (Å²) in [5.41, 5.74) is 1.98. The van der Waals surface area contributed by atoms with E-state index in [0.717, 1.165) is 19.3 Å². The molecule has 3 rings (SSSR count). The Morgan fingerprint density at radius 2 is 1.69 bits per heavy atom. The van der Waals surface area contributed by atoms with Gasteiger partial charge >= 0.3 is 7.12 Å². The Morgan fingerprint density at radius 3 is 2.28 bits per heavy atom. The van der Waals surface area contributed by atoms with Crippen molar-refractivity contribution in [3.8, 4) is 0 Å². The Balaban J connectivity index is 1.74. The van der Waals surface area contributed by atoms with Crippen LogP contribution in [0.3, 0.4) is 0 Å². The molecule has 0 aromatic heterocycles. The molecule has 0 radical (unpaired) electrons. The maximum absolute atomic E-state index is 6.42. The van der Waals surface area contributed by atoms with Crippen molar-refractivity contribution in [1.29, 1.82) is 0 Å². The first kappa shape index (κ1) is 22.6. The second-order valence-corrected chi connectivity index (χ2v) is 9.77. The van der Waals surface area contributed by atoms with E-state index in [1.54, 1.807) is 0 Å². The lowest BCUT2D eigenvalue weighted by atomic mass is 9.71. The minimum atomic E-state index is -0.316. The van der Waals surface area contributed by atoms with Gasteiger partial charge < -0.3 is 14.0 Å². The van der Waals surface area contributed by atoms with Crippen LogP contribution in [0, 0.1) is 5.92 Å². The maximum atomic E-state index is 6.42. The third-order valence-electron chi connectivity index (χ3n) is 7.15. The van der Waals surface area contributed by atoms with Gasteiger partial charge in [-0.25, -0.2) is 0 Å². The molecule has 1 heterocycles. The van der Waals surface area contributed by atoms with Crippen LogP contribution in [-0.2, 0) is 20.5 Å². The Kier molecular flexibility index (Phi) is 7.64. The van der Waals surface area contributed by atoms with Gasteiger partial charge in [0, 0.05) is 7.11 Å². The lowest BCUT2D eigenvalue weighted by Gasteiger charge is -2.32. The quantitative estimate of drug-likeness (QED) is 0.491. The first-order chi connectivity index (χ1) is 13.8. The van der Waals surface area contributed by atoms with E-state index in [2.05, 4.69) is 64.1 Å². The van der Waals surface area contributed by atoms with Gasteiger partial charge in [0.2, 0.25) is 0 Å².